The van der Waals surface area contributed by atoms with Crippen LogP contribution < -0.4 is 5.32 Å². The molecule has 1 N–H and O–H groups in total. The Morgan fingerprint density at radius 2 is 1.80 bits per heavy atom. The zero-order chi connectivity index (χ0) is 14.5. The lowest BCUT2D eigenvalue weighted by Gasteiger charge is -2.33. The number of likely N-dealkylation sites (N-methyl/N-ethyl adjacent to an activating group) is 1. The number of carbonyl (C=O) groups excluding carboxylic acids is 1. The first kappa shape index (κ1) is 14.9. The van der Waals surface area contributed by atoms with Gasteiger partial charge in [0.1, 0.15) is 0 Å². The second-order valence-electron chi connectivity index (χ2n) is 5.20. The van der Waals surface area contributed by atoms with Crippen molar-refractivity contribution in [2.24, 2.45) is 0 Å². The second kappa shape index (κ2) is 6.81. The molecule has 0 spiro atoms. The summed E-state index contributed by atoms with van der Waals surface area (Å²) in [6.45, 7) is 5.51. The smallest absolute Gasteiger partial charge is 0.279 e. The van der Waals surface area contributed by atoms with Crippen LogP contribution in [0.4, 0.5) is 0 Å². The van der Waals surface area contributed by atoms with Crippen LogP contribution in [0.2, 0.25) is 0 Å². The summed E-state index contributed by atoms with van der Waals surface area (Å²) < 4.78 is 0. The first-order valence-corrected chi connectivity index (χ1v) is 7.32. The third-order valence-corrected chi connectivity index (χ3v) is 4.08. The summed E-state index contributed by atoms with van der Waals surface area (Å²) in [6.07, 6.45) is 0. The van der Waals surface area contributed by atoms with Crippen LogP contribution in [-0.4, -0.2) is 53.9 Å². The standard InChI is InChI=1S/C15H21N3OS/c1-12(13-6-4-3-5-7-13)16-14(19)15(20)18-10-8-17(2)9-11-18/h3-7,12H,8-11H2,1-2H3,(H,16,19)/t12-/m1/s1. The number of nitrogens with one attached hydrogen (secondary N) is 1. The van der Waals surface area contributed by atoms with Crippen LogP contribution in [0.25, 0.3) is 0 Å². The first-order valence-electron chi connectivity index (χ1n) is 6.91. The topological polar surface area (TPSA) is 35.6 Å². The highest BCUT2D eigenvalue weighted by Gasteiger charge is 2.22. The summed E-state index contributed by atoms with van der Waals surface area (Å²) in [5, 5.41) is 2.97. The quantitative estimate of drug-likeness (QED) is 0.837. The van der Waals surface area contributed by atoms with Crippen LogP contribution in [0.5, 0.6) is 0 Å². The average Bonchev–Trinajstić information content (AvgIpc) is 2.48. The van der Waals surface area contributed by atoms with E-state index in [4.69, 9.17) is 12.2 Å². The maximum absolute atomic E-state index is 12.2. The monoisotopic (exact) mass is 291 g/mol. The Morgan fingerprint density at radius 3 is 2.40 bits per heavy atom. The first-order chi connectivity index (χ1) is 9.58. The molecular formula is C15H21N3OS. The molecule has 0 radical (unpaired) electrons. The molecule has 1 fully saturated rings. The Hall–Kier alpha value is -1.46. The maximum Gasteiger partial charge on any atom is 0.279 e. The van der Waals surface area contributed by atoms with Crippen LogP contribution in [-0.2, 0) is 4.79 Å². The Balaban J connectivity index is 1.90. The Labute approximate surface area is 125 Å². The van der Waals surface area contributed by atoms with Crippen molar-refractivity contribution in [2.75, 3.05) is 33.2 Å². The number of nitrogens with zero attached hydrogens (tertiary/aromatic N) is 2. The fourth-order valence-corrected chi connectivity index (χ4v) is 2.48. The average molecular weight is 291 g/mol. The Morgan fingerprint density at radius 1 is 1.20 bits per heavy atom. The van der Waals surface area contributed by atoms with Crippen molar-refractivity contribution >= 4 is 23.1 Å². The zero-order valence-electron chi connectivity index (χ0n) is 12.0. The summed E-state index contributed by atoms with van der Waals surface area (Å²) in [5.74, 6) is -0.152. The van der Waals surface area contributed by atoms with Crippen molar-refractivity contribution in [1.29, 1.82) is 0 Å². The molecule has 20 heavy (non-hydrogen) atoms. The molecule has 0 saturated carbocycles. The third-order valence-electron chi connectivity index (χ3n) is 3.63. The zero-order valence-corrected chi connectivity index (χ0v) is 12.8. The molecule has 1 saturated heterocycles. The summed E-state index contributed by atoms with van der Waals surface area (Å²) in [5.41, 5.74) is 1.09. The highest BCUT2D eigenvalue weighted by molar-refractivity contribution is 7.82. The van der Waals surface area contributed by atoms with Gasteiger partial charge in [-0.2, -0.15) is 0 Å². The van der Waals surface area contributed by atoms with Gasteiger partial charge in [-0.15, -0.1) is 0 Å². The molecule has 2 rings (SSSR count). The van der Waals surface area contributed by atoms with Crippen LogP contribution >= 0.6 is 12.2 Å². The van der Waals surface area contributed by atoms with Crippen LogP contribution in [0.15, 0.2) is 30.3 Å². The van der Waals surface area contributed by atoms with E-state index in [9.17, 15) is 4.79 Å². The van der Waals surface area contributed by atoms with Crippen LogP contribution in [0.3, 0.4) is 0 Å². The van der Waals surface area contributed by atoms with E-state index >= 15 is 0 Å². The minimum atomic E-state index is -0.152. The molecule has 0 aliphatic carbocycles. The lowest BCUT2D eigenvalue weighted by Crippen LogP contribution is -2.51. The number of amides is 1. The molecule has 5 heteroatoms. The molecule has 0 unspecified atom stereocenters. The molecule has 4 nitrogen and oxygen atoms in total. The van der Waals surface area contributed by atoms with E-state index in [0.29, 0.717) is 4.99 Å². The molecule has 1 aliphatic rings. The van der Waals surface area contributed by atoms with Crippen molar-refractivity contribution < 1.29 is 4.79 Å². The van der Waals surface area contributed by atoms with E-state index in [1.54, 1.807) is 0 Å². The normalized spacial score (nSPS) is 17.6. The summed E-state index contributed by atoms with van der Waals surface area (Å²) in [4.78, 5) is 16.8. The number of hydrogen-bond donors (Lipinski definition) is 1. The minimum absolute atomic E-state index is 0.0332. The number of carbonyl (C=O) groups is 1. The lowest BCUT2D eigenvalue weighted by molar-refractivity contribution is -0.116. The van der Waals surface area contributed by atoms with E-state index in [-0.39, 0.29) is 11.9 Å². The largest absolute Gasteiger partial charge is 0.356 e. The van der Waals surface area contributed by atoms with Gasteiger partial charge in [0.05, 0.1) is 6.04 Å². The van der Waals surface area contributed by atoms with Crippen molar-refractivity contribution in [3.8, 4) is 0 Å². The van der Waals surface area contributed by atoms with E-state index in [1.165, 1.54) is 0 Å². The number of thiocarbonyl (C=S) groups is 1. The maximum atomic E-state index is 12.2. The Bertz CT molecular complexity index is 469. The van der Waals surface area contributed by atoms with Crippen LogP contribution in [0, 0.1) is 0 Å². The van der Waals surface area contributed by atoms with Gasteiger partial charge in [0.15, 0.2) is 4.99 Å². The van der Waals surface area contributed by atoms with E-state index < -0.39 is 0 Å². The van der Waals surface area contributed by atoms with Crippen molar-refractivity contribution in [2.45, 2.75) is 13.0 Å². The molecule has 108 valence electrons. The molecule has 1 aliphatic heterocycles. The highest BCUT2D eigenvalue weighted by Crippen LogP contribution is 2.11. The molecule has 1 heterocycles. The molecular weight excluding hydrogens is 270 g/mol. The van der Waals surface area contributed by atoms with Gasteiger partial charge in [-0.1, -0.05) is 42.5 Å². The molecule has 1 aromatic rings. The fraction of sp³-hybridized carbons (Fsp3) is 0.467. The van der Waals surface area contributed by atoms with E-state index in [2.05, 4.69) is 17.3 Å². The SMILES string of the molecule is C[C@@H](NC(=O)C(=S)N1CCN(C)CC1)c1ccccc1. The molecule has 0 bridgehead atoms. The molecule has 1 atom stereocenters. The van der Waals surface area contributed by atoms with Gasteiger partial charge in [-0.25, -0.2) is 0 Å². The van der Waals surface area contributed by atoms with Gasteiger partial charge in [0.2, 0.25) is 0 Å². The summed E-state index contributed by atoms with van der Waals surface area (Å²) in [6, 6.07) is 9.88. The predicted molar refractivity (Wildman–Crippen MR) is 84.7 cm³/mol. The minimum Gasteiger partial charge on any atom is -0.356 e. The molecule has 1 amide bonds. The van der Waals surface area contributed by atoms with Crippen molar-refractivity contribution in [3.05, 3.63) is 35.9 Å². The summed E-state index contributed by atoms with van der Waals surface area (Å²) in [7, 11) is 2.08. The van der Waals surface area contributed by atoms with Gasteiger partial charge >= 0.3 is 0 Å². The van der Waals surface area contributed by atoms with Gasteiger partial charge in [0, 0.05) is 26.2 Å². The molecule has 0 aromatic heterocycles. The second-order valence-corrected chi connectivity index (χ2v) is 5.59. The van der Waals surface area contributed by atoms with Gasteiger partial charge in [-0.3, -0.25) is 4.79 Å². The predicted octanol–water partition coefficient (Wildman–Crippen LogP) is 1.44. The van der Waals surface area contributed by atoms with Crippen molar-refractivity contribution in [3.63, 3.8) is 0 Å². The highest BCUT2D eigenvalue weighted by atomic mass is 32.1. The molecule has 1 aromatic carbocycles. The number of hydrogen-bond acceptors (Lipinski definition) is 3. The van der Waals surface area contributed by atoms with Gasteiger partial charge in [0.25, 0.3) is 5.91 Å². The van der Waals surface area contributed by atoms with E-state index in [0.717, 1.165) is 31.7 Å². The van der Waals surface area contributed by atoms with Crippen molar-refractivity contribution in [1.82, 2.24) is 15.1 Å². The number of rotatable bonds is 2. The fourth-order valence-electron chi connectivity index (χ4n) is 2.24. The van der Waals surface area contributed by atoms with Gasteiger partial charge < -0.3 is 15.1 Å². The third kappa shape index (κ3) is 3.77. The number of piperazine rings is 1. The van der Waals surface area contributed by atoms with Crippen LogP contribution in [0.1, 0.15) is 18.5 Å². The summed E-state index contributed by atoms with van der Waals surface area (Å²) >= 11 is 5.30. The van der Waals surface area contributed by atoms with Gasteiger partial charge in [-0.05, 0) is 19.5 Å². The lowest BCUT2D eigenvalue weighted by atomic mass is 10.1. The van der Waals surface area contributed by atoms with E-state index in [1.807, 2.05) is 42.2 Å². The Kier molecular flexibility index (Phi) is 5.09. The number of benzene rings is 1.